The number of benzene rings is 2. The van der Waals surface area contributed by atoms with Crippen LogP contribution in [0, 0.1) is 0 Å². The molecule has 1 aromatic heterocycles. The van der Waals surface area contributed by atoms with Crippen molar-refractivity contribution in [2.24, 2.45) is 12.1 Å². The summed E-state index contributed by atoms with van der Waals surface area (Å²) in [5.74, 6) is -0.338. The van der Waals surface area contributed by atoms with Gasteiger partial charge in [0.25, 0.3) is 0 Å². The third kappa shape index (κ3) is 3.36. The first-order chi connectivity index (χ1) is 13.5. The van der Waals surface area contributed by atoms with Crippen molar-refractivity contribution in [1.82, 2.24) is 14.9 Å². The Morgan fingerprint density at radius 2 is 1.89 bits per heavy atom. The highest BCUT2D eigenvalue weighted by atomic mass is 32.1. The summed E-state index contributed by atoms with van der Waals surface area (Å²) >= 11 is 1.51. The second kappa shape index (κ2) is 7.44. The molecule has 0 radical (unpaired) electrons. The van der Waals surface area contributed by atoms with Crippen LogP contribution in [0.4, 0.5) is 0 Å². The van der Waals surface area contributed by atoms with Crippen molar-refractivity contribution in [3.8, 4) is 0 Å². The van der Waals surface area contributed by atoms with E-state index in [9.17, 15) is 9.59 Å². The predicted molar refractivity (Wildman–Crippen MR) is 110 cm³/mol. The highest BCUT2D eigenvalue weighted by molar-refractivity contribution is 7.16. The van der Waals surface area contributed by atoms with E-state index >= 15 is 0 Å². The van der Waals surface area contributed by atoms with Crippen LogP contribution in [0.25, 0.3) is 16.3 Å². The molecule has 0 aliphatic carbocycles. The van der Waals surface area contributed by atoms with E-state index in [1.807, 2.05) is 66.2 Å². The van der Waals surface area contributed by atoms with Gasteiger partial charge in [-0.05, 0) is 29.3 Å². The molecule has 1 N–H and O–H groups in total. The third-order valence-electron chi connectivity index (χ3n) is 4.84. The van der Waals surface area contributed by atoms with Crippen LogP contribution in [0.1, 0.15) is 30.5 Å². The molecule has 7 heteroatoms. The van der Waals surface area contributed by atoms with Gasteiger partial charge >= 0.3 is 0 Å². The Morgan fingerprint density at radius 1 is 1.14 bits per heavy atom. The molecule has 0 fully saturated rings. The molecule has 6 nitrogen and oxygen atoms in total. The summed E-state index contributed by atoms with van der Waals surface area (Å²) in [4.78, 5) is 27.0. The van der Waals surface area contributed by atoms with Gasteiger partial charge in [0.05, 0.1) is 22.7 Å². The maximum Gasteiger partial charge on any atom is 0.242 e. The predicted octanol–water partition coefficient (Wildman–Crippen LogP) is 3.14. The summed E-state index contributed by atoms with van der Waals surface area (Å²) in [5.41, 5.74) is 5.70. The van der Waals surface area contributed by atoms with Crippen molar-refractivity contribution in [2.45, 2.75) is 19.4 Å². The molecule has 4 rings (SSSR count). The van der Waals surface area contributed by atoms with Gasteiger partial charge in [0.2, 0.25) is 16.6 Å². The van der Waals surface area contributed by atoms with E-state index in [0.717, 1.165) is 21.3 Å². The number of nitrogens with one attached hydrogen (secondary N) is 1. The summed E-state index contributed by atoms with van der Waals surface area (Å²) in [7, 11) is 1.92. The van der Waals surface area contributed by atoms with Crippen LogP contribution in [0.15, 0.2) is 59.8 Å². The highest BCUT2D eigenvalue weighted by Gasteiger charge is 2.28. The van der Waals surface area contributed by atoms with Crippen LogP contribution in [0.5, 0.6) is 0 Å². The lowest BCUT2D eigenvalue weighted by Crippen LogP contribution is -2.34. The fourth-order valence-corrected chi connectivity index (χ4v) is 4.41. The molecule has 1 aliphatic rings. The van der Waals surface area contributed by atoms with Crippen molar-refractivity contribution in [2.75, 3.05) is 0 Å². The lowest BCUT2D eigenvalue weighted by atomic mass is 9.93. The van der Waals surface area contributed by atoms with E-state index in [4.69, 9.17) is 0 Å². The maximum atomic E-state index is 12.6. The van der Waals surface area contributed by atoms with Gasteiger partial charge in [-0.1, -0.05) is 47.7 Å². The summed E-state index contributed by atoms with van der Waals surface area (Å²) < 4.78 is 3.05. The standard InChI is InChI=1S/C21H20N4O2S/c1-14(26)25-12-11-15-7-3-4-8-16(15)18(25)13-20(27)22-23-21-24(2)17-9-5-6-10-19(17)28-21/h3-12,18H,13H2,1-2H3,(H,22,27)/b23-21-. The van der Waals surface area contributed by atoms with Crippen molar-refractivity contribution >= 4 is 39.4 Å². The quantitative estimate of drug-likeness (QED) is 0.696. The van der Waals surface area contributed by atoms with E-state index in [1.54, 1.807) is 11.1 Å². The van der Waals surface area contributed by atoms with Crippen LogP contribution >= 0.6 is 11.3 Å². The Morgan fingerprint density at radius 3 is 2.68 bits per heavy atom. The molecule has 28 heavy (non-hydrogen) atoms. The summed E-state index contributed by atoms with van der Waals surface area (Å²) in [5, 5.41) is 4.29. The number of para-hydroxylation sites is 1. The maximum absolute atomic E-state index is 12.6. The number of amides is 2. The Kier molecular flexibility index (Phi) is 4.83. The molecule has 0 saturated heterocycles. The lowest BCUT2D eigenvalue weighted by Gasteiger charge is -2.32. The molecule has 1 atom stereocenters. The van der Waals surface area contributed by atoms with Gasteiger partial charge in [0.15, 0.2) is 0 Å². The van der Waals surface area contributed by atoms with Gasteiger partial charge in [-0.3, -0.25) is 9.59 Å². The van der Waals surface area contributed by atoms with Crippen molar-refractivity contribution in [3.05, 3.63) is 70.7 Å². The minimum Gasteiger partial charge on any atom is -0.318 e. The van der Waals surface area contributed by atoms with E-state index in [2.05, 4.69) is 10.5 Å². The van der Waals surface area contributed by atoms with Gasteiger partial charge in [0, 0.05) is 20.2 Å². The Balaban J connectivity index is 1.57. The number of rotatable bonds is 3. The zero-order valence-corrected chi connectivity index (χ0v) is 16.4. The summed E-state index contributed by atoms with van der Waals surface area (Å²) in [6.07, 6.45) is 3.78. The van der Waals surface area contributed by atoms with Crippen LogP contribution in [-0.2, 0) is 16.6 Å². The largest absolute Gasteiger partial charge is 0.318 e. The first-order valence-electron chi connectivity index (χ1n) is 8.98. The number of fused-ring (bicyclic) bond motifs is 2. The Bertz CT molecular complexity index is 1160. The van der Waals surface area contributed by atoms with E-state index in [0.29, 0.717) is 4.80 Å². The van der Waals surface area contributed by atoms with Crippen molar-refractivity contribution in [1.29, 1.82) is 0 Å². The number of hydrogen-bond acceptors (Lipinski definition) is 4. The summed E-state index contributed by atoms with van der Waals surface area (Å²) in [6.45, 7) is 1.50. The highest BCUT2D eigenvalue weighted by Crippen LogP contribution is 2.32. The average molecular weight is 392 g/mol. The van der Waals surface area contributed by atoms with Crippen molar-refractivity contribution in [3.63, 3.8) is 0 Å². The smallest absolute Gasteiger partial charge is 0.242 e. The molecular weight excluding hydrogens is 372 g/mol. The number of thiazole rings is 1. The minimum atomic E-state index is -0.343. The van der Waals surface area contributed by atoms with Gasteiger partial charge in [-0.2, -0.15) is 0 Å². The minimum absolute atomic E-state index is 0.101. The number of aromatic nitrogens is 1. The average Bonchev–Trinajstić information content (AvgIpc) is 3.02. The van der Waals surface area contributed by atoms with Crippen LogP contribution in [0.3, 0.4) is 0 Å². The Hall–Kier alpha value is -3.19. The van der Waals surface area contributed by atoms with Crippen LogP contribution in [-0.4, -0.2) is 21.3 Å². The number of nitrogens with zero attached hydrogens (tertiary/aromatic N) is 3. The molecule has 1 aliphatic heterocycles. The second-order valence-corrected chi connectivity index (χ2v) is 7.66. The van der Waals surface area contributed by atoms with E-state index in [-0.39, 0.29) is 24.3 Å². The van der Waals surface area contributed by atoms with Gasteiger partial charge in [-0.25, -0.2) is 5.43 Å². The van der Waals surface area contributed by atoms with Gasteiger partial charge in [0.1, 0.15) is 0 Å². The fraction of sp³-hybridized carbons (Fsp3) is 0.190. The number of hydrogen-bond donors (Lipinski definition) is 1. The first kappa shape index (κ1) is 18.2. The topological polar surface area (TPSA) is 66.7 Å². The molecular formula is C21H20N4O2S. The molecule has 2 aromatic carbocycles. The molecule has 2 heterocycles. The first-order valence-corrected chi connectivity index (χ1v) is 9.79. The Labute approximate surface area is 166 Å². The fourth-order valence-electron chi connectivity index (χ4n) is 3.43. The van der Waals surface area contributed by atoms with Crippen LogP contribution < -0.4 is 10.2 Å². The number of aryl methyl sites for hydroxylation is 1. The molecule has 0 spiro atoms. The molecule has 142 valence electrons. The molecule has 1 unspecified atom stereocenters. The van der Waals surface area contributed by atoms with E-state index < -0.39 is 0 Å². The molecule has 2 amide bonds. The number of carbonyl (C=O) groups excluding carboxylic acids is 2. The van der Waals surface area contributed by atoms with Gasteiger partial charge < -0.3 is 9.47 Å². The zero-order valence-electron chi connectivity index (χ0n) is 15.6. The monoisotopic (exact) mass is 392 g/mol. The van der Waals surface area contributed by atoms with Gasteiger partial charge in [-0.15, -0.1) is 5.10 Å². The van der Waals surface area contributed by atoms with Crippen molar-refractivity contribution < 1.29 is 9.59 Å². The molecule has 0 bridgehead atoms. The van der Waals surface area contributed by atoms with Crippen LogP contribution in [0.2, 0.25) is 0 Å². The zero-order chi connectivity index (χ0) is 19.7. The second-order valence-electron chi connectivity index (χ2n) is 6.65. The summed E-state index contributed by atoms with van der Waals surface area (Å²) in [6, 6.07) is 15.5. The van der Waals surface area contributed by atoms with E-state index in [1.165, 1.54) is 18.3 Å². The molecule has 0 saturated carbocycles. The third-order valence-corrected chi connectivity index (χ3v) is 5.95. The normalized spacial score (nSPS) is 16.3. The lowest BCUT2D eigenvalue weighted by molar-refractivity contribution is -0.129. The molecule has 3 aromatic rings. The SMILES string of the molecule is CC(=O)N1C=Cc2ccccc2C1CC(=O)N/N=c1\sc2ccccc2n1C. The number of carbonyl (C=O) groups is 2.